The molecule has 7 heteroatoms. The monoisotopic (exact) mass is 389 g/mol. The van der Waals surface area contributed by atoms with E-state index in [1.54, 1.807) is 4.90 Å². The number of piperidine rings is 1. The smallest absolute Gasteiger partial charge is 0.410 e. The fraction of sp³-hybridized carbons (Fsp3) is 0.619. The quantitative estimate of drug-likeness (QED) is 0.860. The third-order valence-corrected chi connectivity index (χ3v) is 5.03. The number of hydrogen-bond acceptors (Lipinski definition) is 5. The molecule has 2 aliphatic rings. The molecule has 1 N–H and O–H groups in total. The van der Waals surface area contributed by atoms with E-state index < -0.39 is 5.60 Å². The number of anilines is 2. The summed E-state index contributed by atoms with van der Waals surface area (Å²) in [4.78, 5) is 28.9. The van der Waals surface area contributed by atoms with Crippen LogP contribution < -0.4 is 10.2 Å². The Bertz CT molecular complexity index is 687. The van der Waals surface area contributed by atoms with Crippen LogP contribution in [0.15, 0.2) is 24.3 Å². The van der Waals surface area contributed by atoms with E-state index in [4.69, 9.17) is 9.47 Å². The molecule has 0 unspecified atom stereocenters. The predicted molar refractivity (Wildman–Crippen MR) is 109 cm³/mol. The Morgan fingerprint density at radius 1 is 1.07 bits per heavy atom. The Kier molecular flexibility index (Phi) is 6.44. The maximum absolute atomic E-state index is 12.8. The number of carbonyl (C=O) groups is 2. The fourth-order valence-corrected chi connectivity index (χ4v) is 3.54. The molecule has 2 heterocycles. The molecular weight excluding hydrogens is 358 g/mol. The molecule has 7 nitrogen and oxygen atoms in total. The van der Waals surface area contributed by atoms with Crippen LogP contribution in [0.4, 0.5) is 16.2 Å². The van der Waals surface area contributed by atoms with Gasteiger partial charge in [0.15, 0.2) is 0 Å². The summed E-state index contributed by atoms with van der Waals surface area (Å²) >= 11 is 0. The normalized spacial score (nSPS) is 18.7. The van der Waals surface area contributed by atoms with E-state index in [0.717, 1.165) is 24.5 Å². The molecule has 0 bridgehead atoms. The fourth-order valence-electron chi connectivity index (χ4n) is 3.54. The van der Waals surface area contributed by atoms with Crippen LogP contribution in [0.2, 0.25) is 0 Å². The number of morpholine rings is 1. The first kappa shape index (κ1) is 20.5. The minimum Gasteiger partial charge on any atom is -0.444 e. The number of ether oxygens (including phenoxy) is 2. The van der Waals surface area contributed by atoms with Crippen LogP contribution in [0.5, 0.6) is 0 Å². The summed E-state index contributed by atoms with van der Waals surface area (Å²) < 4.78 is 10.8. The minimum atomic E-state index is -0.505. The van der Waals surface area contributed by atoms with Crippen molar-refractivity contribution >= 4 is 23.4 Å². The van der Waals surface area contributed by atoms with Crippen molar-refractivity contribution in [2.45, 2.75) is 39.2 Å². The first-order valence-electron chi connectivity index (χ1n) is 10.0. The molecule has 2 amide bonds. The van der Waals surface area contributed by atoms with Crippen LogP contribution in [-0.4, -0.2) is 61.9 Å². The Morgan fingerprint density at radius 2 is 1.71 bits per heavy atom. The molecule has 2 saturated heterocycles. The molecule has 1 aromatic carbocycles. The van der Waals surface area contributed by atoms with Crippen molar-refractivity contribution in [3.63, 3.8) is 0 Å². The van der Waals surface area contributed by atoms with Crippen LogP contribution in [0, 0.1) is 5.92 Å². The van der Waals surface area contributed by atoms with Gasteiger partial charge in [-0.1, -0.05) is 12.1 Å². The van der Waals surface area contributed by atoms with Gasteiger partial charge in [-0.25, -0.2) is 4.79 Å². The molecule has 3 rings (SSSR count). The lowest BCUT2D eigenvalue weighted by atomic mass is 9.96. The zero-order chi connectivity index (χ0) is 20.1. The minimum absolute atomic E-state index is 0.0181. The largest absolute Gasteiger partial charge is 0.444 e. The van der Waals surface area contributed by atoms with Crippen molar-refractivity contribution in [3.8, 4) is 0 Å². The number of rotatable bonds is 3. The standard InChI is InChI=1S/C21H31N3O4/c1-21(2,3)28-20(26)24-10-8-16(9-11-24)19(25)22-17-6-4-5-7-18(17)23-12-14-27-15-13-23/h4-7,16H,8-15H2,1-3H3,(H,22,25). The summed E-state index contributed by atoms with van der Waals surface area (Å²) in [6, 6.07) is 7.90. The number of amides is 2. The van der Waals surface area contributed by atoms with E-state index in [2.05, 4.69) is 10.2 Å². The van der Waals surface area contributed by atoms with Crippen molar-refractivity contribution in [1.29, 1.82) is 0 Å². The summed E-state index contributed by atoms with van der Waals surface area (Å²) in [5, 5.41) is 3.10. The Balaban J connectivity index is 1.56. The molecule has 0 saturated carbocycles. The van der Waals surface area contributed by atoms with E-state index in [1.165, 1.54) is 0 Å². The molecule has 0 atom stereocenters. The first-order valence-corrected chi connectivity index (χ1v) is 10.0. The number of nitrogens with one attached hydrogen (secondary N) is 1. The first-order chi connectivity index (χ1) is 13.3. The van der Waals surface area contributed by atoms with Crippen molar-refractivity contribution in [1.82, 2.24) is 4.90 Å². The second-order valence-electron chi connectivity index (χ2n) is 8.35. The van der Waals surface area contributed by atoms with Gasteiger partial charge in [0.1, 0.15) is 5.60 Å². The second kappa shape index (κ2) is 8.82. The van der Waals surface area contributed by atoms with E-state index in [0.29, 0.717) is 39.1 Å². The van der Waals surface area contributed by atoms with Crippen LogP contribution in [-0.2, 0) is 14.3 Å². The lowest BCUT2D eigenvalue weighted by Crippen LogP contribution is -2.43. The van der Waals surface area contributed by atoms with Crippen LogP contribution in [0.1, 0.15) is 33.6 Å². The number of para-hydroxylation sites is 2. The molecule has 0 spiro atoms. The van der Waals surface area contributed by atoms with Gasteiger partial charge in [-0.05, 0) is 45.7 Å². The maximum Gasteiger partial charge on any atom is 0.410 e. The summed E-state index contributed by atoms with van der Waals surface area (Å²) in [5.74, 6) is -0.0824. The molecular formula is C21H31N3O4. The highest BCUT2D eigenvalue weighted by atomic mass is 16.6. The van der Waals surface area contributed by atoms with Gasteiger partial charge in [-0.3, -0.25) is 4.79 Å². The number of carbonyl (C=O) groups excluding carboxylic acids is 2. The molecule has 0 aliphatic carbocycles. The van der Waals surface area contributed by atoms with Gasteiger partial charge in [0.2, 0.25) is 5.91 Å². The summed E-state index contributed by atoms with van der Waals surface area (Å²) in [6.07, 6.45) is 0.985. The highest BCUT2D eigenvalue weighted by Crippen LogP contribution is 2.28. The van der Waals surface area contributed by atoms with Gasteiger partial charge >= 0.3 is 6.09 Å². The van der Waals surface area contributed by atoms with Gasteiger partial charge in [-0.15, -0.1) is 0 Å². The summed E-state index contributed by atoms with van der Waals surface area (Å²) in [6.45, 7) is 9.69. The Hall–Kier alpha value is -2.28. The van der Waals surface area contributed by atoms with E-state index in [1.807, 2.05) is 45.0 Å². The zero-order valence-electron chi connectivity index (χ0n) is 17.1. The molecule has 2 fully saturated rings. The zero-order valence-corrected chi connectivity index (χ0v) is 17.1. The Morgan fingerprint density at radius 3 is 2.36 bits per heavy atom. The van der Waals surface area contributed by atoms with Gasteiger partial charge in [0, 0.05) is 32.1 Å². The van der Waals surface area contributed by atoms with Crippen LogP contribution in [0.3, 0.4) is 0 Å². The highest BCUT2D eigenvalue weighted by Gasteiger charge is 2.30. The van der Waals surface area contributed by atoms with Crippen molar-refractivity contribution in [2.24, 2.45) is 5.92 Å². The molecule has 2 aliphatic heterocycles. The molecule has 28 heavy (non-hydrogen) atoms. The third kappa shape index (κ3) is 5.38. The second-order valence-corrected chi connectivity index (χ2v) is 8.35. The lowest BCUT2D eigenvalue weighted by molar-refractivity contribution is -0.121. The SMILES string of the molecule is CC(C)(C)OC(=O)N1CCC(C(=O)Nc2ccccc2N2CCOCC2)CC1. The molecule has 1 aromatic rings. The van der Waals surface area contributed by atoms with E-state index in [9.17, 15) is 9.59 Å². The van der Waals surface area contributed by atoms with Crippen molar-refractivity contribution in [2.75, 3.05) is 49.6 Å². The molecule has 0 aromatic heterocycles. The highest BCUT2D eigenvalue weighted by molar-refractivity contribution is 5.96. The van der Waals surface area contributed by atoms with E-state index >= 15 is 0 Å². The van der Waals surface area contributed by atoms with Crippen LogP contribution in [0.25, 0.3) is 0 Å². The van der Waals surface area contributed by atoms with Gasteiger partial charge in [0.05, 0.1) is 24.6 Å². The van der Waals surface area contributed by atoms with E-state index in [-0.39, 0.29) is 17.9 Å². The van der Waals surface area contributed by atoms with Crippen molar-refractivity contribution in [3.05, 3.63) is 24.3 Å². The van der Waals surface area contributed by atoms with Gasteiger partial charge in [-0.2, -0.15) is 0 Å². The van der Waals surface area contributed by atoms with Gasteiger partial charge < -0.3 is 24.6 Å². The number of likely N-dealkylation sites (tertiary alicyclic amines) is 1. The maximum atomic E-state index is 12.8. The summed E-state index contributed by atoms with van der Waals surface area (Å²) in [7, 11) is 0. The summed E-state index contributed by atoms with van der Waals surface area (Å²) in [5.41, 5.74) is 1.36. The van der Waals surface area contributed by atoms with Gasteiger partial charge in [0.25, 0.3) is 0 Å². The number of nitrogens with zero attached hydrogens (tertiary/aromatic N) is 2. The Labute approximate surface area is 167 Å². The third-order valence-electron chi connectivity index (χ3n) is 5.03. The average molecular weight is 389 g/mol. The lowest BCUT2D eigenvalue weighted by Gasteiger charge is -2.33. The predicted octanol–water partition coefficient (Wildman–Crippen LogP) is 3.11. The average Bonchev–Trinajstić information content (AvgIpc) is 2.68. The topological polar surface area (TPSA) is 71.1 Å². The van der Waals surface area contributed by atoms with Crippen LogP contribution >= 0.6 is 0 Å². The molecule has 154 valence electrons. The van der Waals surface area contributed by atoms with Crippen molar-refractivity contribution < 1.29 is 19.1 Å². The number of benzene rings is 1. The molecule has 0 radical (unpaired) electrons. The number of hydrogen-bond donors (Lipinski definition) is 1.